The van der Waals surface area contributed by atoms with Gasteiger partial charge in [-0.3, -0.25) is 4.90 Å². The Balaban J connectivity index is 1.59. The van der Waals surface area contributed by atoms with E-state index in [-0.39, 0.29) is 6.04 Å². The summed E-state index contributed by atoms with van der Waals surface area (Å²) in [5, 5.41) is 14.9. The van der Waals surface area contributed by atoms with Crippen LogP contribution < -0.4 is 0 Å². The minimum absolute atomic E-state index is 0.0722. The molecule has 0 bridgehead atoms. The van der Waals surface area contributed by atoms with Crippen molar-refractivity contribution < 1.29 is 4.42 Å². The average molecular weight is 422 g/mol. The molecule has 0 N–H and O–H groups in total. The van der Waals surface area contributed by atoms with Crippen LogP contribution in [0.2, 0.25) is 0 Å². The fraction of sp³-hybridized carbons (Fsp3) is 0.348. The number of aryl methyl sites for hydroxylation is 2. The molecule has 3 heterocycles. The van der Waals surface area contributed by atoms with Crippen LogP contribution in [0.4, 0.5) is 0 Å². The van der Waals surface area contributed by atoms with Crippen LogP contribution in [0.3, 0.4) is 0 Å². The van der Waals surface area contributed by atoms with Gasteiger partial charge in [-0.2, -0.15) is 0 Å². The normalized spacial score (nSPS) is 12.7. The average Bonchev–Trinajstić information content (AvgIpc) is 3.51. The monoisotopic (exact) mass is 421 g/mol. The van der Waals surface area contributed by atoms with Crippen LogP contribution in [0.1, 0.15) is 41.9 Å². The molecule has 0 aliphatic carbocycles. The van der Waals surface area contributed by atoms with Crippen LogP contribution in [-0.4, -0.2) is 25.1 Å². The Bertz CT molecular complexity index is 959. The number of aromatic nitrogens is 4. The van der Waals surface area contributed by atoms with E-state index in [9.17, 15) is 0 Å². The number of thiophene rings is 1. The largest absolute Gasteiger partial charge is 0.468 e. The van der Waals surface area contributed by atoms with Gasteiger partial charge in [-0.05, 0) is 51.9 Å². The zero-order chi connectivity index (χ0) is 20.8. The van der Waals surface area contributed by atoms with E-state index < -0.39 is 0 Å². The van der Waals surface area contributed by atoms with E-state index in [1.165, 1.54) is 10.4 Å². The maximum Gasteiger partial charge on any atom is 0.168 e. The molecule has 0 aliphatic rings. The van der Waals surface area contributed by atoms with E-state index in [4.69, 9.17) is 4.42 Å². The SMILES string of the molecule is CC(C)C(c1nnnn1CCc1ccccc1)N(Cc1ccco1)Cc1cccs1. The van der Waals surface area contributed by atoms with Gasteiger partial charge in [0.25, 0.3) is 0 Å². The Hall–Kier alpha value is -2.77. The van der Waals surface area contributed by atoms with E-state index in [1.807, 2.05) is 22.9 Å². The van der Waals surface area contributed by atoms with Crippen LogP contribution in [0.5, 0.6) is 0 Å². The number of furan rings is 1. The van der Waals surface area contributed by atoms with E-state index in [0.717, 1.165) is 31.1 Å². The first-order valence-electron chi connectivity index (χ1n) is 10.3. The van der Waals surface area contributed by atoms with Gasteiger partial charge in [-0.25, -0.2) is 4.68 Å². The molecule has 4 aromatic rings. The third-order valence-corrected chi connectivity index (χ3v) is 6.04. The lowest BCUT2D eigenvalue weighted by molar-refractivity contribution is 0.118. The quantitative estimate of drug-likeness (QED) is 0.362. The maximum atomic E-state index is 5.67. The number of hydrogen-bond donors (Lipinski definition) is 0. The number of rotatable bonds is 10. The van der Waals surface area contributed by atoms with Crippen molar-refractivity contribution in [1.29, 1.82) is 0 Å². The van der Waals surface area contributed by atoms with Crippen molar-refractivity contribution in [2.45, 2.75) is 45.9 Å². The van der Waals surface area contributed by atoms with E-state index in [2.05, 4.69) is 76.1 Å². The molecule has 0 aliphatic heterocycles. The molecule has 1 aromatic carbocycles. The van der Waals surface area contributed by atoms with Gasteiger partial charge in [-0.15, -0.1) is 16.4 Å². The minimum Gasteiger partial charge on any atom is -0.468 e. The first-order chi connectivity index (χ1) is 14.7. The van der Waals surface area contributed by atoms with Gasteiger partial charge in [0.05, 0.1) is 18.8 Å². The highest BCUT2D eigenvalue weighted by atomic mass is 32.1. The van der Waals surface area contributed by atoms with Crippen molar-refractivity contribution in [3.05, 3.63) is 88.3 Å². The first-order valence-corrected chi connectivity index (χ1v) is 11.2. The van der Waals surface area contributed by atoms with Crippen molar-refractivity contribution in [1.82, 2.24) is 25.1 Å². The molecule has 0 amide bonds. The second-order valence-corrected chi connectivity index (χ2v) is 8.78. The molecular weight excluding hydrogens is 394 g/mol. The van der Waals surface area contributed by atoms with Gasteiger partial charge in [-0.1, -0.05) is 50.2 Å². The lowest BCUT2D eigenvalue weighted by atomic mass is 10.0. The van der Waals surface area contributed by atoms with Gasteiger partial charge < -0.3 is 4.42 Å². The predicted octanol–water partition coefficient (Wildman–Crippen LogP) is 4.97. The van der Waals surface area contributed by atoms with E-state index in [1.54, 1.807) is 17.6 Å². The second kappa shape index (κ2) is 9.82. The van der Waals surface area contributed by atoms with Crippen LogP contribution in [0, 0.1) is 5.92 Å². The van der Waals surface area contributed by atoms with Crippen LogP contribution >= 0.6 is 11.3 Å². The summed E-state index contributed by atoms with van der Waals surface area (Å²) in [5.74, 6) is 2.19. The van der Waals surface area contributed by atoms with E-state index >= 15 is 0 Å². The topological polar surface area (TPSA) is 60.0 Å². The summed E-state index contributed by atoms with van der Waals surface area (Å²) in [6, 6.07) is 18.8. The third-order valence-electron chi connectivity index (χ3n) is 5.18. The minimum atomic E-state index is 0.0722. The highest BCUT2D eigenvalue weighted by Crippen LogP contribution is 2.31. The molecular formula is C23H27N5OS. The van der Waals surface area contributed by atoms with Gasteiger partial charge >= 0.3 is 0 Å². The highest BCUT2D eigenvalue weighted by molar-refractivity contribution is 7.09. The predicted molar refractivity (Wildman–Crippen MR) is 118 cm³/mol. The van der Waals surface area contributed by atoms with Crippen LogP contribution in [0.25, 0.3) is 0 Å². The Morgan fingerprint density at radius 3 is 2.60 bits per heavy atom. The van der Waals surface area contributed by atoms with E-state index in [0.29, 0.717) is 12.5 Å². The molecule has 1 atom stereocenters. The third kappa shape index (κ3) is 5.04. The lowest BCUT2D eigenvalue weighted by Crippen LogP contribution is -2.33. The van der Waals surface area contributed by atoms with Gasteiger partial charge in [0, 0.05) is 18.0 Å². The summed E-state index contributed by atoms with van der Waals surface area (Å²) in [6.07, 6.45) is 2.62. The molecule has 0 radical (unpaired) electrons. The molecule has 0 saturated heterocycles. The van der Waals surface area contributed by atoms with Gasteiger partial charge in [0.1, 0.15) is 5.76 Å². The zero-order valence-corrected chi connectivity index (χ0v) is 18.2. The molecule has 0 saturated carbocycles. The number of tetrazole rings is 1. The summed E-state index contributed by atoms with van der Waals surface area (Å²) in [7, 11) is 0. The van der Waals surface area contributed by atoms with Gasteiger partial charge in [0.15, 0.2) is 5.82 Å². The maximum absolute atomic E-state index is 5.67. The molecule has 30 heavy (non-hydrogen) atoms. The fourth-order valence-electron chi connectivity index (χ4n) is 3.80. The Morgan fingerprint density at radius 2 is 1.90 bits per heavy atom. The number of hydrogen-bond acceptors (Lipinski definition) is 6. The molecule has 3 aromatic heterocycles. The molecule has 4 rings (SSSR count). The number of benzene rings is 1. The smallest absolute Gasteiger partial charge is 0.168 e. The van der Waals surface area contributed by atoms with Crippen LogP contribution in [0.15, 0.2) is 70.7 Å². The standard InChI is InChI=1S/C23H27N5OS/c1-18(2)22(23-24-25-26-28(23)13-12-19-8-4-3-5-9-19)27(16-20-10-6-14-29-20)17-21-11-7-15-30-21/h3-11,14-15,18,22H,12-13,16-17H2,1-2H3. The number of nitrogens with zero attached hydrogens (tertiary/aromatic N) is 5. The fourth-order valence-corrected chi connectivity index (χ4v) is 4.53. The molecule has 7 heteroatoms. The Morgan fingerprint density at radius 1 is 1.03 bits per heavy atom. The highest BCUT2D eigenvalue weighted by Gasteiger charge is 2.30. The van der Waals surface area contributed by atoms with Crippen molar-refractivity contribution in [3.8, 4) is 0 Å². The summed E-state index contributed by atoms with van der Waals surface area (Å²) in [6.45, 7) is 6.74. The lowest BCUT2D eigenvalue weighted by Gasteiger charge is -2.32. The first kappa shape index (κ1) is 20.5. The van der Waals surface area contributed by atoms with Crippen molar-refractivity contribution in [2.24, 2.45) is 5.92 Å². The molecule has 6 nitrogen and oxygen atoms in total. The molecule has 0 spiro atoms. The van der Waals surface area contributed by atoms with Crippen molar-refractivity contribution in [3.63, 3.8) is 0 Å². The zero-order valence-electron chi connectivity index (χ0n) is 17.4. The Kier molecular flexibility index (Phi) is 6.71. The summed E-state index contributed by atoms with van der Waals surface area (Å²) in [5.41, 5.74) is 1.28. The Labute approximate surface area is 181 Å². The van der Waals surface area contributed by atoms with Crippen LogP contribution in [-0.2, 0) is 26.1 Å². The van der Waals surface area contributed by atoms with Crippen molar-refractivity contribution >= 4 is 11.3 Å². The molecule has 1 unspecified atom stereocenters. The molecule has 156 valence electrons. The summed E-state index contributed by atoms with van der Waals surface area (Å²) >= 11 is 1.77. The summed E-state index contributed by atoms with van der Waals surface area (Å²) < 4.78 is 7.63. The summed E-state index contributed by atoms with van der Waals surface area (Å²) in [4.78, 5) is 3.73. The second-order valence-electron chi connectivity index (χ2n) is 7.75. The molecule has 0 fully saturated rings. The van der Waals surface area contributed by atoms with Gasteiger partial charge in [0.2, 0.25) is 0 Å². The van der Waals surface area contributed by atoms with Crippen molar-refractivity contribution in [2.75, 3.05) is 0 Å².